The average Bonchev–Trinajstić information content (AvgIpc) is 2.75. The summed E-state index contributed by atoms with van der Waals surface area (Å²) in [5, 5.41) is -0.309. The molecule has 15 heavy (non-hydrogen) atoms. The van der Waals surface area contributed by atoms with E-state index in [0.717, 1.165) is 11.8 Å². The van der Waals surface area contributed by atoms with E-state index in [-0.39, 0.29) is 5.25 Å². The largest absolute Gasteiger partial charge is 0.215 e. The summed E-state index contributed by atoms with van der Waals surface area (Å²) < 4.78 is 25.9. The summed E-state index contributed by atoms with van der Waals surface area (Å²) >= 11 is 0. The van der Waals surface area contributed by atoms with E-state index in [1.165, 1.54) is 25.7 Å². The molecule has 0 aliphatic heterocycles. The molecule has 2 rings (SSSR count). The summed E-state index contributed by atoms with van der Waals surface area (Å²) in [6.07, 6.45) is 5.27. The van der Waals surface area contributed by atoms with Crippen molar-refractivity contribution in [2.45, 2.75) is 44.8 Å². The fourth-order valence-corrected chi connectivity index (χ4v) is 3.80. The van der Waals surface area contributed by atoms with Crippen molar-refractivity contribution in [2.75, 3.05) is 6.54 Å². The molecule has 3 unspecified atom stereocenters. The lowest BCUT2D eigenvalue weighted by atomic mass is 9.89. The topological polar surface area (TPSA) is 46.2 Å². The molecule has 2 bridgehead atoms. The van der Waals surface area contributed by atoms with Gasteiger partial charge in [0.1, 0.15) is 0 Å². The van der Waals surface area contributed by atoms with E-state index in [0.29, 0.717) is 12.5 Å². The lowest BCUT2D eigenvalue weighted by molar-refractivity contribution is 0.332. The summed E-state index contributed by atoms with van der Waals surface area (Å²) in [4.78, 5) is 0. The van der Waals surface area contributed by atoms with Crippen LogP contribution in [-0.2, 0) is 10.0 Å². The van der Waals surface area contributed by atoms with Crippen LogP contribution < -0.4 is 4.72 Å². The highest BCUT2D eigenvalue weighted by Crippen LogP contribution is 2.47. The molecule has 1 N–H and O–H groups in total. The molecule has 2 aliphatic carbocycles. The van der Waals surface area contributed by atoms with Gasteiger partial charge < -0.3 is 0 Å². The van der Waals surface area contributed by atoms with Crippen LogP contribution in [0.25, 0.3) is 0 Å². The molecule has 0 saturated heterocycles. The first-order valence-corrected chi connectivity index (χ1v) is 7.52. The Kier molecular flexibility index (Phi) is 3.08. The number of fused-ring (bicyclic) bond motifs is 2. The van der Waals surface area contributed by atoms with Gasteiger partial charge in [-0.3, -0.25) is 0 Å². The lowest BCUT2D eigenvalue weighted by Gasteiger charge is -2.22. The quantitative estimate of drug-likeness (QED) is 0.801. The zero-order valence-electron chi connectivity index (χ0n) is 9.57. The van der Waals surface area contributed by atoms with E-state index in [2.05, 4.69) is 4.72 Å². The number of nitrogens with one attached hydrogen (secondary N) is 1. The second kappa shape index (κ2) is 4.06. The molecule has 4 heteroatoms. The Morgan fingerprint density at radius 1 is 1.27 bits per heavy atom. The molecule has 0 heterocycles. The second-order valence-electron chi connectivity index (χ2n) is 5.38. The summed E-state index contributed by atoms with van der Waals surface area (Å²) in [5.41, 5.74) is 0. The fraction of sp³-hybridized carbons (Fsp3) is 1.00. The summed E-state index contributed by atoms with van der Waals surface area (Å²) in [6, 6.07) is 0. The van der Waals surface area contributed by atoms with E-state index >= 15 is 0 Å². The number of hydrogen-bond acceptors (Lipinski definition) is 2. The Morgan fingerprint density at radius 3 is 2.47 bits per heavy atom. The third-order valence-corrected chi connectivity index (χ3v) is 5.86. The minimum Gasteiger partial charge on any atom is -0.215 e. The summed E-state index contributed by atoms with van der Waals surface area (Å²) in [6.45, 7) is 4.12. The second-order valence-corrected chi connectivity index (χ2v) is 7.70. The molecule has 0 aromatic carbocycles. The van der Waals surface area contributed by atoms with Gasteiger partial charge in [0.15, 0.2) is 0 Å². The van der Waals surface area contributed by atoms with Crippen molar-refractivity contribution in [1.82, 2.24) is 4.72 Å². The lowest BCUT2D eigenvalue weighted by Crippen LogP contribution is -2.35. The molecule has 3 atom stereocenters. The van der Waals surface area contributed by atoms with Crippen LogP contribution in [0.4, 0.5) is 0 Å². The Morgan fingerprint density at radius 2 is 2.00 bits per heavy atom. The number of sulfonamides is 1. The molecule has 2 aliphatic rings. The first-order chi connectivity index (χ1) is 6.99. The SMILES string of the molecule is CC(C)S(=O)(=O)NCC1CC2CCC1C2. The molecular formula is C11H21NO2S. The average molecular weight is 231 g/mol. The van der Waals surface area contributed by atoms with E-state index in [4.69, 9.17) is 0 Å². The van der Waals surface area contributed by atoms with Crippen molar-refractivity contribution in [1.29, 1.82) is 0 Å². The van der Waals surface area contributed by atoms with Gasteiger partial charge in [0.2, 0.25) is 10.0 Å². The minimum atomic E-state index is -3.05. The van der Waals surface area contributed by atoms with Gasteiger partial charge in [-0.15, -0.1) is 0 Å². The van der Waals surface area contributed by atoms with Crippen LogP contribution in [-0.4, -0.2) is 20.2 Å². The third kappa shape index (κ3) is 2.36. The van der Waals surface area contributed by atoms with Crippen molar-refractivity contribution in [3.8, 4) is 0 Å². The van der Waals surface area contributed by atoms with Gasteiger partial charge in [0.25, 0.3) is 0 Å². The van der Waals surface area contributed by atoms with E-state index < -0.39 is 10.0 Å². The van der Waals surface area contributed by atoms with Crippen LogP contribution in [0.1, 0.15) is 39.5 Å². The molecule has 3 nitrogen and oxygen atoms in total. The monoisotopic (exact) mass is 231 g/mol. The zero-order chi connectivity index (χ0) is 11.1. The van der Waals surface area contributed by atoms with E-state index in [1.807, 2.05) is 0 Å². The van der Waals surface area contributed by atoms with Crippen molar-refractivity contribution in [3.05, 3.63) is 0 Å². The molecule has 0 radical (unpaired) electrons. The summed E-state index contributed by atoms with van der Waals surface area (Å²) in [5.74, 6) is 2.30. The van der Waals surface area contributed by atoms with Gasteiger partial charge in [-0.2, -0.15) is 0 Å². The summed E-state index contributed by atoms with van der Waals surface area (Å²) in [7, 11) is -3.05. The molecule has 2 saturated carbocycles. The molecule has 0 aromatic heterocycles. The van der Waals surface area contributed by atoms with Crippen LogP contribution in [0.5, 0.6) is 0 Å². The van der Waals surface area contributed by atoms with Gasteiger partial charge in [0, 0.05) is 6.54 Å². The first kappa shape index (κ1) is 11.4. The molecule has 88 valence electrons. The number of hydrogen-bond donors (Lipinski definition) is 1. The van der Waals surface area contributed by atoms with Crippen molar-refractivity contribution in [3.63, 3.8) is 0 Å². The fourth-order valence-electron chi connectivity index (χ4n) is 3.02. The smallest absolute Gasteiger partial charge is 0.213 e. The van der Waals surface area contributed by atoms with Gasteiger partial charge in [-0.25, -0.2) is 13.1 Å². The molecule has 2 fully saturated rings. The van der Waals surface area contributed by atoms with Crippen LogP contribution >= 0.6 is 0 Å². The molecule has 0 amide bonds. The number of rotatable bonds is 4. The Labute approximate surface area is 92.7 Å². The maximum Gasteiger partial charge on any atom is 0.213 e. The van der Waals surface area contributed by atoms with Gasteiger partial charge in [-0.05, 0) is 50.9 Å². The Balaban J connectivity index is 1.84. The Hall–Kier alpha value is -0.0900. The molecule has 0 aromatic rings. The minimum absolute atomic E-state index is 0.309. The van der Waals surface area contributed by atoms with Gasteiger partial charge in [0.05, 0.1) is 5.25 Å². The first-order valence-electron chi connectivity index (χ1n) is 5.97. The van der Waals surface area contributed by atoms with Crippen molar-refractivity contribution in [2.24, 2.45) is 17.8 Å². The van der Waals surface area contributed by atoms with Gasteiger partial charge in [-0.1, -0.05) is 6.42 Å². The third-order valence-electron chi connectivity index (χ3n) is 4.05. The van der Waals surface area contributed by atoms with Crippen LogP contribution in [0.2, 0.25) is 0 Å². The normalized spacial score (nSPS) is 35.3. The van der Waals surface area contributed by atoms with Crippen molar-refractivity contribution < 1.29 is 8.42 Å². The maximum atomic E-state index is 11.6. The standard InChI is InChI=1S/C11H21NO2S/c1-8(2)15(13,14)12-7-11-6-9-3-4-10(11)5-9/h8-12H,3-7H2,1-2H3. The van der Waals surface area contributed by atoms with E-state index in [1.54, 1.807) is 13.8 Å². The van der Waals surface area contributed by atoms with Crippen LogP contribution in [0.15, 0.2) is 0 Å². The molecular weight excluding hydrogens is 210 g/mol. The molecule has 0 spiro atoms. The highest BCUT2D eigenvalue weighted by atomic mass is 32.2. The highest BCUT2D eigenvalue weighted by Gasteiger charge is 2.39. The Bertz CT molecular complexity index is 323. The predicted octanol–water partition coefficient (Wildman–Crippen LogP) is 1.75. The van der Waals surface area contributed by atoms with Crippen LogP contribution in [0, 0.1) is 17.8 Å². The highest BCUT2D eigenvalue weighted by molar-refractivity contribution is 7.90. The van der Waals surface area contributed by atoms with Crippen LogP contribution in [0.3, 0.4) is 0 Å². The predicted molar refractivity (Wildman–Crippen MR) is 61.0 cm³/mol. The van der Waals surface area contributed by atoms with Crippen molar-refractivity contribution >= 4 is 10.0 Å². The maximum absolute atomic E-state index is 11.6. The van der Waals surface area contributed by atoms with E-state index in [9.17, 15) is 8.42 Å². The van der Waals surface area contributed by atoms with Gasteiger partial charge >= 0.3 is 0 Å². The zero-order valence-corrected chi connectivity index (χ0v) is 10.4.